The Kier molecular flexibility index (Phi) is 16.4. The molecule has 27 heavy (non-hydrogen) atoms. The van der Waals surface area contributed by atoms with E-state index in [9.17, 15) is 14.4 Å². The Morgan fingerprint density at radius 3 is 1.93 bits per heavy atom. The number of hydrogen-bond acceptors (Lipinski definition) is 3. The van der Waals surface area contributed by atoms with Gasteiger partial charge in [-0.15, -0.1) is 0 Å². The first kappa shape index (κ1) is 25.2. The molecular formula is C20H39N3O4. The van der Waals surface area contributed by atoms with E-state index < -0.39 is 12.1 Å². The fourth-order valence-electron chi connectivity index (χ4n) is 2.79. The first-order valence-electron chi connectivity index (χ1n) is 10.5. The fraction of sp³-hybridized carbons (Fsp3) is 0.850. The highest BCUT2D eigenvalue weighted by Gasteiger charge is 2.20. The maximum Gasteiger partial charge on any atom is 0.404 e. The molecule has 0 rings (SSSR count). The Hall–Kier alpha value is -1.79. The topological polar surface area (TPSA) is 108 Å². The zero-order valence-corrected chi connectivity index (χ0v) is 17.1. The molecule has 0 saturated heterocycles. The van der Waals surface area contributed by atoms with E-state index in [2.05, 4.69) is 29.8 Å². The standard InChI is InChI=1S/C20H39N3O4/c1-3-5-7-9-10-11-12-14-18(24)23-17(16-22-20(26)27)19(25)21-15-13-8-6-4-2/h17,22H,3-16H2,1-2H3,(H,21,25)(H,23,24)(H,26,27)/t17-/m0/s1. The zero-order chi connectivity index (χ0) is 20.3. The summed E-state index contributed by atoms with van der Waals surface area (Å²) in [5.41, 5.74) is 0. The summed E-state index contributed by atoms with van der Waals surface area (Å²) in [4.78, 5) is 35.0. The maximum absolute atomic E-state index is 12.2. The van der Waals surface area contributed by atoms with E-state index in [0.717, 1.165) is 44.9 Å². The van der Waals surface area contributed by atoms with Gasteiger partial charge in [0, 0.05) is 13.0 Å². The molecule has 0 heterocycles. The number of carbonyl (C=O) groups is 3. The summed E-state index contributed by atoms with van der Waals surface area (Å²) in [5, 5.41) is 16.4. The zero-order valence-electron chi connectivity index (χ0n) is 17.1. The Bertz CT molecular complexity index is 416. The highest BCUT2D eigenvalue weighted by molar-refractivity contribution is 5.88. The molecule has 3 amide bonds. The van der Waals surface area contributed by atoms with Crippen LogP contribution in [0.5, 0.6) is 0 Å². The van der Waals surface area contributed by atoms with Crippen molar-refractivity contribution < 1.29 is 19.5 Å². The number of rotatable bonds is 17. The van der Waals surface area contributed by atoms with Crippen LogP contribution in [0.2, 0.25) is 0 Å². The van der Waals surface area contributed by atoms with Crippen LogP contribution in [-0.4, -0.2) is 42.1 Å². The van der Waals surface area contributed by atoms with Crippen molar-refractivity contribution in [1.82, 2.24) is 16.0 Å². The SMILES string of the molecule is CCCCCCCCCC(=O)N[C@@H](CNC(=O)O)C(=O)NCCCCCC. The predicted octanol–water partition coefficient (Wildman–Crippen LogP) is 3.58. The van der Waals surface area contributed by atoms with Gasteiger partial charge in [-0.25, -0.2) is 4.79 Å². The number of amides is 3. The minimum atomic E-state index is -1.21. The summed E-state index contributed by atoms with van der Waals surface area (Å²) in [7, 11) is 0. The van der Waals surface area contributed by atoms with Gasteiger partial charge >= 0.3 is 6.09 Å². The van der Waals surface area contributed by atoms with Gasteiger partial charge in [0.1, 0.15) is 6.04 Å². The van der Waals surface area contributed by atoms with E-state index in [1.165, 1.54) is 25.7 Å². The average molecular weight is 386 g/mol. The monoisotopic (exact) mass is 385 g/mol. The van der Waals surface area contributed by atoms with Gasteiger partial charge in [-0.3, -0.25) is 9.59 Å². The van der Waals surface area contributed by atoms with E-state index in [1.54, 1.807) is 0 Å². The second kappa shape index (κ2) is 17.6. The summed E-state index contributed by atoms with van der Waals surface area (Å²) in [5.74, 6) is -0.546. The Morgan fingerprint density at radius 2 is 1.33 bits per heavy atom. The van der Waals surface area contributed by atoms with Crippen molar-refractivity contribution in [1.29, 1.82) is 0 Å². The summed E-state index contributed by atoms with van der Waals surface area (Å²) in [6, 6.07) is -0.871. The van der Waals surface area contributed by atoms with Crippen LogP contribution in [0, 0.1) is 0 Å². The molecule has 0 unspecified atom stereocenters. The van der Waals surface area contributed by atoms with Crippen molar-refractivity contribution in [3.8, 4) is 0 Å². The molecule has 0 aromatic heterocycles. The molecule has 0 fully saturated rings. The van der Waals surface area contributed by atoms with Crippen LogP contribution in [0.25, 0.3) is 0 Å². The molecule has 158 valence electrons. The van der Waals surface area contributed by atoms with Gasteiger partial charge in [-0.05, 0) is 12.8 Å². The predicted molar refractivity (Wildman–Crippen MR) is 108 cm³/mol. The molecule has 0 spiro atoms. The van der Waals surface area contributed by atoms with Crippen molar-refractivity contribution in [3.05, 3.63) is 0 Å². The van der Waals surface area contributed by atoms with Crippen molar-refractivity contribution in [2.45, 2.75) is 96.9 Å². The van der Waals surface area contributed by atoms with Crippen LogP contribution in [0.4, 0.5) is 4.79 Å². The highest BCUT2D eigenvalue weighted by Crippen LogP contribution is 2.08. The lowest BCUT2D eigenvalue weighted by atomic mass is 10.1. The molecule has 0 aliphatic carbocycles. The number of hydrogen-bond donors (Lipinski definition) is 4. The Balaban J connectivity index is 4.15. The molecule has 0 radical (unpaired) electrons. The largest absolute Gasteiger partial charge is 0.465 e. The minimum Gasteiger partial charge on any atom is -0.465 e. The number of carbonyl (C=O) groups excluding carboxylic acids is 2. The summed E-state index contributed by atoms with van der Waals surface area (Å²) >= 11 is 0. The van der Waals surface area contributed by atoms with Gasteiger partial charge < -0.3 is 21.1 Å². The van der Waals surface area contributed by atoms with Crippen molar-refractivity contribution in [2.24, 2.45) is 0 Å². The van der Waals surface area contributed by atoms with Crippen LogP contribution < -0.4 is 16.0 Å². The lowest BCUT2D eigenvalue weighted by Gasteiger charge is -2.18. The third-order valence-electron chi connectivity index (χ3n) is 4.45. The highest BCUT2D eigenvalue weighted by atomic mass is 16.4. The van der Waals surface area contributed by atoms with E-state index in [0.29, 0.717) is 13.0 Å². The van der Waals surface area contributed by atoms with Crippen molar-refractivity contribution >= 4 is 17.9 Å². The molecule has 0 saturated carbocycles. The third kappa shape index (κ3) is 16.1. The van der Waals surface area contributed by atoms with Gasteiger partial charge in [-0.1, -0.05) is 71.6 Å². The van der Waals surface area contributed by atoms with E-state index in [4.69, 9.17) is 5.11 Å². The number of carboxylic acid groups (broad SMARTS) is 1. The van der Waals surface area contributed by atoms with Crippen LogP contribution in [0.3, 0.4) is 0 Å². The lowest BCUT2D eigenvalue weighted by molar-refractivity contribution is -0.128. The van der Waals surface area contributed by atoms with Crippen molar-refractivity contribution in [3.63, 3.8) is 0 Å². The van der Waals surface area contributed by atoms with Crippen LogP contribution in [-0.2, 0) is 9.59 Å². The molecule has 0 bridgehead atoms. The van der Waals surface area contributed by atoms with Gasteiger partial charge in [0.25, 0.3) is 0 Å². The Morgan fingerprint density at radius 1 is 0.778 bits per heavy atom. The van der Waals surface area contributed by atoms with Crippen LogP contribution in [0.1, 0.15) is 90.9 Å². The first-order valence-corrected chi connectivity index (χ1v) is 10.5. The fourth-order valence-corrected chi connectivity index (χ4v) is 2.79. The number of unbranched alkanes of at least 4 members (excludes halogenated alkanes) is 9. The van der Waals surface area contributed by atoms with E-state index in [1.807, 2.05) is 0 Å². The molecule has 7 heteroatoms. The van der Waals surface area contributed by atoms with Gasteiger partial charge in [0.15, 0.2) is 0 Å². The summed E-state index contributed by atoms with van der Waals surface area (Å²) in [6.45, 7) is 4.71. The summed E-state index contributed by atoms with van der Waals surface area (Å²) < 4.78 is 0. The third-order valence-corrected chi connectivity index (χ3v) is 4.45. The second-order valence-corrected chi connectivity index (χ2v) is 7.03. The second-order valence-electron chi connectivity index (χ2n) is 7.03. The number of nitrogens with one attached hydrogen (secondary N) is 3. The van der Waals surface area contributed by atoms with Gasteiger partial charge in [-0.2, -0.15) is 0 Å². The van der Waals surface area contributed by atoms with Crippen molar-refractivity contribution in [2.75, 3.05) is 13.1 Å². The van der Waals surface area contributed by atoms with Gasteiger partial charge in [0.2, 0.25) is 11.8 Å². The van der Waals surface area contributed by atoms with E-state index >= 15 is 0 Å². The van der Waals surface area contributed by atoms with Gasteiger partial charge in [0.05, 0.1) is 6.54 Å². The average Bonchev–Trinajstić information content (AvgIpc) is 2.63. The molecule has 7 nitrogen and oxygen atoms in total. The maximum atomic E-state index is 12.2. The first-order chi connectivity index (χ1) is 13.0. The minimum absolute atomic E-state index is 0.126. The molecule has 4 N–H and O–H groups in total. The molecule has 1 atom stereocenters. The Labute approximate surface area is 164 Å². The molecule has 0 aromatic carbocycles. The quantitative estimate of drug-likeness (QED) is 0.287. The molecule has 0 aromatic rings. The smallest absolute Gasteiger partial charge is 0.404 e. The van der Waals surface area contributed by atoms with E-state index in [-0.39, 0.29) is 18.4 Å². The molecular weight excluding hydrogens is 346 g/mol. The normalized spacial score (nSPS) is 11.6. The van der Waals surface area contributed by atoms with Crippen LogP contribution >= 0.6 is 0 Å². The lowest BCUT2D eigenvalue weighted by Crippen LogP contribution is -2.52. The molecule has 0 aliphatic heterocycles. The molecule has 0 aliphatic rings. The summed E-state index contributed by atoms with van der Waals surface area (Å²) in [6.07, 6.45) is 11.1. The van der Waals surface area contributed by atoms with Crippen LogP contribution in [0.15, 0.2) is 0 Å².